The molecule has 4 rings (SSSR count). The largest absolute Gasteiger partial charge is 0.338 e. The molecule has 5 nitrogen and oxygen atoms in total. The van der Waals surface area contributed by atoms with Crippen LogP contribution in [0.3, 0.4) is 0 Å². The first-order valence-electron chi connectivity index (χ1n) is 10.3. The lowest BCUT2D eigenvalue weighted by molar-refractivity contribution is 0.0772. The number of hydrogen-bond acceptors (Lipinski definition) is 4. The smallest absolute Gasteiger partial charge is 0.254 e. The summed E-state index contributed by atoms with van der Waals surface area (Å²) in [4.78, 5) is 22.0. The molecule has 3 heterocycles. The van der Waals surface area contributed by atoms with E-state index >= 15 is 0 Å². The van der Waals surface area contributed by atoms with Gasteiger partial charge in [-0.2, -0.15) is 0 Å². The second-order valence-corrected chi connectivity index (χ2v) is 8.41. The van der Waals surface area contributed by atoms with Crippen molar-refractivity contribution in [2.24, 2.45) is 17.6 Å². The molecular weight excluding hydrogens is 348 g/mol. The van der Waals surface area contributed by atoms with E-state index in [1.165, 1.54) is 0 Å². The highest BCUT2D eigenvalue weighted by atomic mass is 16.2. The molecule has 2 aromatic rings. The van der Waals surface area contributed by atoms with Gasteiger partial charge in [0, 0.05) is 50.5 Å². The van der Waals surface area contributed by atoms with Crippen LogP contribution in [0.5, 0.6) is 0 Å². The minimum atomic E-state index is -0.0104. The maximum absolute atomic E-state index is 13.1. The normalized spacial score (nSPS) is 23.0. The number of carbonyl (C=O) groups excluding carboxylic acids is 1. The summed E-state index contributed by atoms with van der Waals surface area (Å²) in [5.74, 6) is 1.37. The number of aromatic nitrogens is 1. The fourth-order valence-corrected chi connectivity index (χ4v) is 4.81. The zero-order valence-electron chi connectivity index (χ0n) is 16.8. The summed E-state index contributed by atoms with van der Waals surface area (Å²) in [6, 6.07) is 12.0. The van der Waals surface area contributed by atoms with E-state index in [2.05, 4.69) is 14.8 Å². The van der Waals surface area contributed by atoms with Gasteiger partial charge in [-0.3, -0.25) is 9.78 Å². The van der Waals surface area contributed by atoms with Crippen molar-refractivity contribution in [3.63, 3.8) is 0 Å². The summed E-state index contributed by atoms with van der Waals surface area (Å²) in [6.45, 7) is 8.94. The van der Waals surface area contributed by atoms with Gasteiger partial charge in [-0.15, -0.1) is 0 Å². The topological polar surface area (TPSA) is 62.5 Å². The van der Waals surface area contributed by atoms with E-state index in [0.29, 0.717) is 11.8 Å². The molecule has 2 aliphatic heterocycles. The molecule has 0 spiro atoms. The summed E-state index contributed by atoms with van der Waals surface area (Å²) in [7, 11) is 0. The van der Waals surface area contributed by atoms with Gasteiger partial charge in [0.1, 0.15) is 0 Å². The minimum Gasteiger partial charge on any atom is -0.338 e. The average Bonchev–Trinajstić information content (AvgIpc) is 3.25. The van der Waals surface area contributed by atoms with Crippen LogP contribution in [-0.2, 0) is 0 Å². The SMILES string of the molecule is Cc1cccc(C)c1C(=O)N1CC2CN(CC[C@H](N)c3ccccn3)CC2C1. The Bertz CT molecular complexity index is 804. The quantitative estimate of drug-likeness (QED) is 0.869. The maximum Gasteiger partial charge on any atom is 0.254 e. The summed E-state index contributed by atoms with van der Waals surface area (Å²) < 4.78 is 0. The highest BCUT2D eigenvalue weighted by Crippen LogP contribution is 2.33. The number of pyridine rings is 1. The molecule has 1 amide bonds. The van der Waals surface area contributed by atoms with Crippen molar-refractivity contribution in [1.82, 2.24) is 14.8 Å². The summed E-state index contributed by atoms with van der Waals surface area (Å²) in [5, 5.41) is 0. The van der Waals surface area contributed by atoms with E-state index < -0.39 is 0 Å². The molecule has 2 saturated heterocycles. The van der Waals surface area contributed by atoms with Crippen molar-refractivity contribution in [1.29, 1.82) is 0 Å². The molecule has 2 N–H and O–H groups in total. The molecule has 0 radical (unpaired) electrons. The van der Waals surface area contributed by atoms with Gasteiger partial charge in [0.05, 0.1) is 5.69 Å². The Labute approximate surface area is 167 Å². The van der Waals surface area contributed by atoms with Gasteiger partial charge >= 0.3 is 0 Å². The predicted octanol–water partition coefficient (Wildman–Crippen LogP) is 2.79. The molecule has 2 unspecified atom stereocenters. The van der Waals surface area contributed by atoms with E-state index in [1.807, 2.05) is 50.2 Å². The van der Waals surface area contributed by atoms with Crippen LogP contribution >= 0.6 is 0 Å². The average molecular weight is 379 g/mol. The molecule has 2 aliphatic rings. The molecule has 5 heteroatoms. The third-order valence-electron chi connectivity index (χ3n) is 6.37. The minimum absolute atomic E-state index is 0.0104. The summed E-state index contributed by atoms with van der Waals surface area (Å²) >= 11 is 0. The first kappa shape index (κ1) is 19.1. The van der Waals surface area contributed by atoms with Gasteiger partial charge in [-0.1, -0.05) is 24.3 Å². The molecule has 0 aliphatic carbocycles. The zero-order valence-corrected chi connectivity index (χ0v) is 16.8. The van der Waals surface area contributed by atoms with E-state index in [-0.39, 0.29) is 11.9 Å². The van der Waals surface area contributed by atoms with Crippen molar-refractivity contribution >= 4 is 5.91 Å². The lowest BCUT2D eigenvalue weighted by Crippen LogP contribution is -2.34. The Hall–Kier alpha value is -2.24. The van der Waals surface area contributed by atoms with E-state index in [9.17, 15) is 4.79 Å². The van der Waals surface area contributed by atoms with E-state index in [4.69, 9.17) is 5.73 Å². The third-order valence-corrected chi connectivity index (χ3v) is 6.37. The van der Waals surface area contributed by atoms with Gasteiger partial charge < -0.3 is 15.5 Å². The lowest BCUT2D eigenvalue weighted by atomic mass is 10.0. The first-order valence-corrected chi connectivity index (χ1v) is 10.3. The van der Waals surface area contributed by atoms with E-state index in [0.717, 1.165) is 61.5 Å². The number of nitrogens with two attached hydrogens (primary N) is 1. The number of rotatable bonds is 5. The predicted molar refractivity (Wildman–Crippen MR) is 111 cm³/mol. The number of amides is 1. The van der Waals surface area contributed by atoms with Crippen LogP contribution in [0.15, 0.2) is 42.6 Å². The number of nitrogens with zero attached hydrogens (tertiary/aromatic N) is 3. The first-order chi connectivity index (χ1) is 13.5. The summed E-state index contributed by atoms with van der Waals surface area (Å²) in [6.07, 6.45) is 2.72. The molecule has 3 atom stereocenters. The van der Waals surface area contributed by atoms with Crippen molar-refractivity contribution in [3.8, 4) is 0 Å². The molecule has 1 aromatic heterocycles. The molecule has 0 bridgehead atoms. The lowest BCUT2D eigenvalue weighted by Gasteiger charge is -2.23. The number of likely N-dealkylation sites (tertiary alicyclic amines) is 2. The third kappa shape index (κ3) is 3.82. The highest BCUT2D eigenvalue weighted by molar-refractivity contribution is 5.97. The van der Waals surface area contributed by atoms with Gasteiger partial charge in [-0.25, -0.2) is 0 Å². The fraction of sp³-hybridized carbons (Fsp3) is 0.478. The van der Waals surface area contributed by atoms with Crippen molar-refractivity contribution in [2.75, 3.05) is 32.7 Å². The van der Waals surface area contributed by atoms with Crippen LogP contribution in [-0.4, -0.2) is 53.4 Å². The molecular formula is C23H30N4O. The van der Waals surface area contributed by atoms with Gasteiger partial charge in [0.25, 0.3) is 5.91 Å². The Morgan fingerprint density at radius 1 is 1.07 bits per heavy atom. The van der Waals surface area contributed by atoms with E-state index in [1.54, 1.807) is 6.20 Å². The van der Waals surface area contributed by atoms with Crippen molar-refractivity contribution < 1.29 is 4.79 Å². The second-order valence-electron chi connectivity index (χ2n) is 8.41. The van der Waals surface area contributed by atoms with Gasteiger partial charge in [0.15, 0.2) is 0 Å². The second kappa shape index (κ2) is 8.02. The Balaban J connectivity index is 1.31. The number of fused-ring (bicyclic) bond motifs is 1. The standard InChI is InChI=1S/C23H30N4O/c1-16-6-5-7-17(2)22(16)23(28)27-14-18-12-26(13-19(18)15-27)11-9-20(24)21-8-3-4-10-25-21/h3-8,10,18-20H,9,11-15,24H2,1-2H3/t18?,19?,20-/m0/s1. The Morgan fingerprint density at radius 3 is 2.36 bits per heavy atom. The number of aryl methyl sites for hydroxylation is 2. The number of benzene rings is 1. The fourth-order valence-electron chi connectivity index (χ4n) is 4.81. The zero-order chi connectivity index (χ0) is 19.7. The van der Waals surface area contributed by atoms with Crippen LogP contribution in [0.25, 0.3) is 0 Å². The maximum atomic E-state index is 13.1. The molecule has 0 saturated carbocycles. The van der Waals surface area contributed by atoms with Crippen LogP contribution in [0.1, 0.15) is 39.6 Å². The van der Waals surface area contributed by atoms with Crippen molar-refractivity contribution in [3.05, 3.63) is 65.0 Å². The number of hydrogen-bond donors (Lipinski definition) is 1. The molecule has 28 heavy (non-hydrogen) atoms. The molecule has 2 fully saturated rings. The van der Waals surface area contributed by atoms with Crippen molar-refractivity contribution in [2.45, 2.75) is 26.3 Å². The van der Waals surface area contributed by atoms with Crippen LogP contribution < -0.4 is 5.73 Å². The van der Waals surface area contributed by atoms with Crippen LogP contribution in [0, 0.1) is 25.7 Å². The van der Waals surface area contributed by atoms with Crippen LogP contribution in [0.4, 0.5) is 0 Å². The molecule has 148 valence electrons. The monoisotopic (exact) mass is 378 g/mol. The summed E-state index contributed by atoms with van der Waals surface area (Å²) in [5.41, 5.74) is 10.3. The Morgan fingerprint density at radius 2 is 1.75 bits per heavy atom. The van der Waals surface area contributed by atoms with Crippen LogP contribution in [0.2, 0.25) is 0 Å². The van der Waals surface area contributed by atoms with Gasteiger partial charge in [0.2, 0.25) is 0 Å². The van der Waals surface area contributed by atoms with Gasteiger partial charge in [-0.05, 0) is 55.4 Å². The Kier molecular flexibility index (Phi) is 5.47. The molecule has 1 aromatic carbocycles. The number of carbonyl (C=O) groups is 1. The highest BCUT2D eigenvalue weighted by Gasteiger charge is 2.41.